The van der Waals surface area contributed by atoms with Crippen molar-refractivity contribution in [1.82, 2.24) is 0 Å². The normalized spacial score (nSPS) is 9.95. The van der Waals surface area contributed by atoms with E-state index in [0.717, 1.165) is 11.6 Å². The van der Waals surface area contributed by atoms with E-state index in [-0.39, 0.29) is 23.5 Å². The number of hydrogen-bond acceptors (Lipinski definition) is 3. The lowest BCUT2D eigenvalue weighted by molar-refractivity contribution is 0.0691. The molecule has 0 bridgehead atoms. The molecule has 0 unspecified atom stereocenters. The van der Waals surface area contributed by atoms with Gasteiger partial charge < -0.3 is 9.84 Å². The average Bonchev–Trinajstić information content (AvgIpc) is 2.45. The molecule has 0 aromatic heterocycles. The van der Waals surface area contributed by atoms with Gasteiger partial charge in [-0.3, -0.25) is 0 Å². The number of carboxylic acids is 1. The second-order valence-electron chi connectivity index (χ2n) is 4.51. The van der Waals surface area contributed by atoms with Gasteiger partial charge in [0.25, 0.3) is 0 Å². The molecule has 0 heterocycles. The standard InChI is InChI=1S/C16H12FNO3/c1-10-2-5-14(16(19)20)15(6-10)21-9-11-3-4-13(17)7-12(11)8-18/h2-7H,9H2,1H3,(H,19,20). The fourth-order valence-electron chi connectivity index (χ4n) is 1.86. The number of carbonyl (C=O) groups is 1. The number of halogens is 1. The van der Waals surface area contributed by atoms with Crippen LogP contribution in [0, 0.1) is 24.1 Å². The van der Waals surface area contributed by atoms with Gasteiger partial charge in [0.15, 0.2) is 0 Å². The molecule has 0 aliphatic carbocycles. The van der Waals surface area contributed by atoms with Crippen LogP contribution in [-0.2, 0) is 6.61 Å². The highest BCUT2D eigenvalue weighted by Crippen LogP contribution is 2.22. The summed E-state index contributed by atoms with van der Waals surface area (Å²) in [7, 11) is 0. The Morgan fingerprint density at radius 3 is 2.76 bits per heavy atom. The van der Waals surface area contributed by atoms with Crippen LogP contribution in [0.3, 0.4) is 0 Å². The van der Waals surface area contributed by atoms with Gasteiger partial charge in [-0.05, 0) is 36.8 Å². The van der Waals surface area contributed by atoms with Crippen LogP contribution in [0.2, 0.25) is 0 Å². The monoisotopic (exact) mass is 285 g/mol. The molecule has 0 atom stereocenters. The SMILES string of the molecule is Cc1ccc(C(=O)O)c(OCc2ccc(F)cc2C#N)c1. The number of aromatic carboxylic acids is 1. The van der Waals surface area contributed by atoms with Crippen LogP contribution < -0.4 is 4.74 Å². The van der Waals surface area contributed by atoms with Gasteiger partial charge in [0, 0.05) is 5.56 Å². The molecule has 0 spiro atoms. The third-order valence-electron chi connectivity index (χ3n) is 2.94. The Morgan fingerprint density at radius 2 is 2.10 bits per heavy atom. The Morgan fingerprint density at radius 1 is 1.33 bits per heavy atom. The van der Waals surface area contributed by atoms with E-state index in [1.165, 1.54) is 18.2 Å². The zero-order chi connectivity index (χ0) is 15.4. The molecule has 0 saturated heterocycles. The highest BCUT2D eigenvalue weighted by atomic mass is 19.1. The summed E-state index contributed by atoms with van der Waals surface area (Å²) < 4.78 is 18.5. The Bertz CT molecular complexity index is 735. The van der Waals surface area contributed by atoms with Crippen molar-refractivity contribution in [3.8, 4) is 11.8 Å². The number of aryl methyl sites for hydroxylation is 1. The van der Waals surface area contributed by atoms with Crippen molar-refractivity contribution in [3.05, 3.63) is 64.5 Å². The topological polar surface area (TPSA) is 70.3 Å². The number of rotatable bonds is 4. The Balaban J connectivity index is 2.27. The van der Waals surface area contributed by atoms with Crippen molar-refractivity contribution in [1.29, 1.82) is 5.26 Å². The predicted molar refractivity (Wildman–Crippen MR) is 73.6 cm³/mol. The lowest BCUT2D eigenvalue weighted by atomic mass is 10.1. The Hall–Kier alpha value is -2.87. The molecule has 1 N–H and O–H groups in total. The van der Waals surface area contributed by atoms with Crippen LogP contribution in [0.5, 0.6) is 5.75 Å². The maximum Gasteiger partial charge on any atom is 0.339 e. The van der Waals surface area contributed by atoms with E-state index in [0.29, 0.717) is 5.56 Å². The van der Waals surface area contributed by atoms with E-state index < -0.39 is 11.8 Å². The molecular formula is C16H12FNO3. The summed E-state index contributed by atoms with van der Waals surface area (Å²) in [5, 5.41) is 18.1. The molecule has 0 amide bonds. The number of ether oxygens (including phenoxy) is 1. The number of carboxylic acid groups (broad SMARTS) is 1. The van der Waals surface area contributed by atoms with Crippen LogP contribution in [-0.4, -0.2) is 11.1 Å². The minimum Gasteiger partial charge on any atom is -0.488 e. The second-order valence-corrected chi connectivity index (χ2v) is 4.51. The molecule has 5 heteroatoms. The molecule has 0 fully saturated rings. The number of hydrogen-bond donors (Lipinski definition) is 1. The lowest BCUT2D eigenvalue weighted by Gasteiger charge is -2.11. The summed E-state index contributed by atoms with van der Waals surface area (Å²) in [6.45, 7) is 1.81. The fourth-order valence-corrected chi connectivity index (χ4v) is 1.86. The van der Waals surface area contributed by atoms with Crippen LogP contribution in [0.25, 0.3) is 0 Å². The van der Waals surface area contributed by atoms with Crippen molar-refractivity contribution in [2.45, 2.75) is 13.5 Å². The zero-order valence-corrected chi connectivity index (χ0v) is 11.3. The summed E-state index contributed by atoms with van der Waals surface area (Å²) in [4.78, 5) is 11.1. The number of benzene rings is 2. The molecular weight excluding hydrogens is 273 g/mol. The third kappa shape index (κ3) is 3.37. The third-order valence-corrected chi connectivity index (χ3v) is 2.94. The quantitative estimate of drug-likeness (QED) is 0.935. The van der Waals surface area contributed by atoms with Gasteiger partial charge in [0.2, 0.25) is 0 Å². The molecule has 2 rings (SSSR count). The molecule has 4 nitrogen and oxygen atoms in total. The van der Waals surface area contributed by atoms with Gasteiger partial charge in [-0.1, -0.05) is 12.1 Å². The van der Waals surface area contributed by atoms with E-state index in [1.54, 1.807) is 12.1 Å². The van der Waals surface area contributed by atoms with Crippen molar-refractivity contribution >= 4 is 5.97 Å². The number of nitrogens with zero attached hydrogens (tertiary/aromatic N) is 1. The van der Waals surface area contributed by atoms with E-state index >= 15 is 0 Å². The van der Waals surface area contributed by atoms with Crippen molar-refractivity contribution in [3.63, 3.8) is 0 Å². The van der Waals surface area contributed by atoms with Gasteiger partial charge in [-0.2, -0.15) is 5.26 Å². The van der Waals surface area contributed by atoms with Crippen molar-refractivity contribution in [2.75, 3.05) is 0 Å². The van der Waals surface area contributed by atoms with Gasteiger partial charge in [0.05, 0.1) is 11.6 Å². The lowest BCUT2D eigenvalue weighted by Crippen LogP contribution is -2.05. The van der Waals surface area contributed by atoms with Gasteiger partial charge >= 0.3 is 5.97 Å². The summed E-state index contributed by atoms with van der Waals surface area (Å²) in [5.74, 6) is -1.38. The van der Waals surface area contributed by atoms with Gasteiger partial charge in [-0.25, -0.2) is 9.18 Å². The van der Waals surface area contributed by atoms with E-state index in [2.05, 4.69) is 0 Å². The van der Waals surface area contributed by atoms with E-state index in [4.69, 9.17) is 15.1 Å². The number of nitriles is 1. The van der Waals surface area contributed by atoms with Crippen molar-refractivity contribution < 1.29 is 19.0 Å². The highest BCUT2D eigenvalue weighted by molar-refractivity contribution is 5.90. The zero-order valence-electron chi connectivity index (χ0n) is 11.3. The maximum absolute atomic E-state index is 13.1. The van der Waals surface area contributed by atoms with E-state index in [9.17, 15) is 9.18 Å². The molecule has 0 saturated carbocycles. The summed E-state index contributed by atoms with van der Waals surface area (Å²) in [5.41, 5.74) is 1.56. The smallest absolute Gasteiger partial charge is 0.339 e. The second kappa shape index (κ2) is 6.06. The predicted octanol–water partition coefficient (Wildman–Crippen LogP) is 3.28. The average molecular weight is 285 g/mol. The first kappa shape index (κ1) is 14.5. The molecule has 21 heavy (non-hydrogen) atoms. The summed E-state index contributed by atoms with van der Waals surface area (Å²) >= 11 is 0. The molecule has 106 valence electrons. The molecule has 0 aliphatic rings. The minimum absolute atomic E-state index is 0.00704. The van der Waals surface area contributed by atoms with Crippen molar-refractivity contribution in [2.24, 2.45) is 0 Å². The van der Waals surface area contributed by atoms with Crippen LogP contribution in [0.1, 0.15) is 27.0 Å². The van der Waals surface area contributed by atoms with E-state index in [1.807, 2.05) is 13.0 Å². The first-order valence-electron chi connectivity index (χ1n) is 6.16. The maximum atomic E-state index is 13.1. The van der Waals surface area contributed by atoms with Gasteiger partial charge in [0.1, 0.15) is 23.7 Å². The largest absolute Gasteiger partial charge is 0.488 e. The fraction of sp³-hybridized carbons (Fsp3) is 0.125. The summed E-state index contributed by atoms with van der Waals surface area (Å²) in [6, 6.07) is 10.4. The first-order chi connectivity index (χ1) is 10.0. The summed E-state index contributed by atoms with van der Waals surface area (Å²) in [6.07, 6.45) is 0. The highest BCUT2D eigenvalue weighted by Gasteiger charge is 2.12. The Kier molecular flexibility index (Phi) is 4.19. The molecule has 0 radical (unpaired) electrons. The molecule has 2 aromatic carbocycles. The van der Waals surface area contributed by atoms with Crippen LogP contribution in [0.4, 0.5) is 4.39 Å². The van der Waals surface area contributed by atoms with Crippen LogP contribution in [0.15, 0.2) is 36.4 Å². The minimum atomic E-state index is -1.09. The molecule has 2 aromatic rings. The van der Waals surface area contributed by atoms with Gasteiger partial charge in [-0.15, -0.1) is 0 Å². The first-order valence-corrected chi connectivity index (χ1v) is 6.16. The van der Waals surface area contributed by atoms with Crippen LogP contribution >= 0.6 is 0 Å². The Labute approximate surface area is 121 Å². The molecule has 0 aliphatic heterocycles.